The summed E-state index contributed by atoms with van der Waals surface area (Å²) in [4.78, 5) is 4.95. The Kier molecular flexibility index (Phi) is 5.70. The number of nitrogens with zero attached hydrogens (tertiary/aromatic N) is 2. The maximum Gasteiger partial charge on any atom is 0.0465 e. The number of rotatable bonds is 5. The molecule has 0 N–H and O–H groups in total. The van der Waals surface area contributed by atoms with Gasteiger partial charge in [-0.3, -0.25) is 0 Å². The van der Waals surface area contributed by atoms with Crippen LogP contribution >= 0.6 is 0 Å². The molecule has 8 rings (SSSR count). The first-order chi connectivity index (χ1) is 20.3. The molecular weight excluding hydrogens is 496 g/mol. The van der Waals surface area contributed by atoms with Crippen molar-refractivity contribution in [3.63, 3.8) is 0 Å². The van der Waals surface area contributed by atoms with E-state index in [4.69, 9.17) is 0 Å². The number of benzene rings is 6. The molecule has 0 radical (unpaired) electrons. The number of hydrogen-bond donors (Lipinski definition) is 0. The largest absolute Gasteiger partial charge is 0.337 e. The molecule has 2 aliphatic heterocycles. The van der Waals surface area contributed by atoms with Crippen molar-refractivity contribution in [3.05, 3.63) is 163 Å². The molecule has 2 heterocycles. The Labute approximate surface area is 241 Å². The van der Waals surface area contributed by atoms with Gasteiger partial charge in [0.25, 0.3) is 0 Å². The molecule has 2 nitrogen and oxygen atoms in total. The van der Waals surface area contributed by atoms with Crippen molar-refractivity contribution in [2.24, 2.45) is 0 Å². The average molecular weight is 527 g/mol. The second kappa shape index (κ2) is 9.83. The molecular formula is C39H30N2. The molecule has 2 heteroatoms. The van der Waals surface area contributed by atoms with E-state index in [-0.39, 0.29) is 0 Å². The zero-order valence-corrected chi connectivity index (χ0v) is 22.8. The highest BCUT2D eigenvalue weighted by molar-refractivity contribution is 5.84. The van der Waals surface area contributed by atoms with Crippen LogP contribution in [0.5, 0.6) is 0 Å². The Hall–Kier alpha value is -5.08. The summed E-state index contributed by atoms with van der Waals surface area (Å²) in [5.41, 5.74) is 14.0. The van der Waals surface area contributed by atoms with Crippen molar-refractivity contribution >= 4 is 28.4 Å². The molecule has 0 amide bonds. The Balaban J connectivity index is 1.19. The lowest BCUT2D eigenvalue weighted by Crippen LogP contribution is -2.22. The zero-order valence-electron chi connectivity index (χ0n) is 22.8. The van der Waals surface area contributed by atoms with E-state index in [9.17, 15) is 0 Å². The summed E-state index contributed by atoms with van der Waals surface area (Å²) >= 11 is 0. The van der Waals surface area contributed by atoms with Crippen LogP contribution in [0.25, 0.3) is 22.3 Å². The maximum absolute atomic E-state index is 2.56. The fourth-order valence-electron chi connectivity index (χ4n) is 6.63. The number of para-hydroxylation sites is 1. The lowest BCUT2D eigenvalue weighted by atomic mass is 10.0. The third-order valence-electron chi connectivity index (χ3n) is 8.57. The molecule has 0 spiro atoms. The Morgan fingerprint density at radius 1 is 0.415 bits per heavy atom. The van der Waals surface area contributed by atoms with E-state index in [0.29, 0.717) is 6.04 Å². The molecule has 1 atom stereocenters. The predicted octanol–water partition coefficient (Wildman–Crippen LogP) is 10.1. The van der Waals surface area contributed by atoms with Crippen LogP contribution in [0.2, 0.25) is 0 Å². The number of hydrogen-bond acceptors (Lipinski definition) is 2. The number of fused-ring (bicyclic) bond motifs is 5. The topological polar surface area (TPSA) is 6.48 Å². The highest BCUT2D eigenvalue weighted by Crippen LogP contribution is 2.48. The maximum atomic E-state index is 2.56. The molecule has 0 aromatic heterocycles. The van der Waals surface area contributed by atoms with E-state index in [2.05, 4.69) is 161 Å². The van der Waals surface area contributed by atoms with Gasteiger partial charge in [0.15, 0.2) is 0 Å². The van der Waals surface area contributed by atoms with Gasteiger partial charge in [-0.05, 0) is 94.8 Å². The van der Waals surface area contributed by atoms with Crippen LogP contribution in [-0.2, 0) is 12.8 Å². The second-order valence-electron chi connectivity index (χ2n) is 11.0. The monoisotopic (exact) mass is 526 g/mol. The van der Waals surface area contributed by atoms with Crippen molar-refractivity contribution < 1.29 is 0 Å². The fourth-order valence-corrected chi connectivity index (χ4v) is 6.63. The van der Waals surface area contributed by atoms with Gasteiger partial charge in [0.2, 0.25) is 0 Å². The van der Waals surface area contributed by atoms with Crippen molar-refractivity contribution in [1.29, 1.82) is 0 Å². The summed E-state index contributed by atoms with van der Waals surface area (Å²) in [5.74, 6) is 0. The van der Waals surface area contributed by atoms with E-state index >= 15 is 0 Å². The minimum atomic E-state index is 0.515. The summed E-state index contributed by atoms with van der Waals surface area (Å²) in [7, 11) is 0. The Morgan fingerprint density at radius 2 is 0.878 bits per heavy atom. The van der Waals surface area contributed by atoms with Gasteiger partial charge in [0.05, 0.1) is 0 Å². The van der Waals surface area contributed by atoms with Crippen LogP contribution in [0.1, 0.15) is 11.1 Å². The lowest BCUT2D eigenvalue weighted by molar-refractivity contribution is 0.725. The first-order valence-corrected chi connectivity index (χ1v) is 14.4. The van der Waals surface area contributed by atoms with Gasteiger partial charge in [-0.15, -0.1) is 0 Å². The third kappa shape index (κ3) is 4.20. The van der Waals surface area contributed by atoms with Gasteiger partial charge in [0, 0.05) is 34.5 Å². The van der Waals surface area contributed by atoms with E-state index in [1.54, 1.807) is 0 Å². The molecule has 0 aliphatic carbocycles. The van der Waals surface area contributed by atoms with Gasteiger partial charge in [-0.25, -0.2) is 0 Å². The molecule has 2 aliphatic rings. The van der Waals surface area contributed by atoms with Crippen molar-refractivity contribution in [2.45, 2.75) is 18.9 Å². The Morgan fingerprint density at radius 3 is 1.49 bits per heavy atom. The van der Waals surface area contributed by atoms with Crippen molar-refractivity contribution in [3.8, 4) is 22.3 Å². The number of anilines is 5. The first-order valence-electron chi connectivity index (χ1n) is 14.4. The zero-order chi connectivity index (χ0) is 27.2. The highest BCUT2D eigenvalue weighted by Gasteiger charge is 2.37. The molecule has 0 fully saturated rings. The summed E-state index contributed by atoms with van der Waals surface area (Å²) in [6, 6.07) is 55.5. The molecule has 6 aromatic rings. The van der Waals surface area contributed by atoms with E-state index in [0.717, 1.165) is 24.2 Å². The Bertz CT molecular complexity index is 1740. The molecule has 196 valence electrons. The second-order valence-corrected chi connectivity index (χ2v) is 11.0. The van der Waals surface area contributed by atoms with Gasteiger partial charge in [-0.2, -0.15) is 0 Å². The minimum absolute atomic E-state index is 0.515. The van der Waals surface area contributed by atoms with Crippen LogP contribution in [-0.4, -0.2) is 6.04 Å². The van der Waals surface area contributed by atoms with Gasteiger partial charge in [-0.1, -0.05) is 103 Å². The van der Waals surface area contributed by atoms with Crippen LogP contribution in [0.15, 0.2) is 152 Å². The molecule has 0 saturated carbocycles. The van der Waals surface area contributed by atoms with E-state index < -0.39 is 0 Å². The average Bonchev–Trinajstić information content (AvgIpc) is 3.58. The van der Waals surface area contributed by atoms with Crippen molar-refractivity contribution in [1.82, 2.24) is 0 Å². The first kappa shape index (κ1) is 23.8. The summed E-state index contributed by atoms with van der Waals surface area (Å²) in [6.45, 7) is 0. The third-order valence-corrected chi connectivity index (χ3v) is 8.57. The van der Waals surface area contributed by atoms with E-state index in [1.165, 1.54) is 50.4 Å². The van der Waals surface area contributed by atoms with E-state index in [1.807, 2.05) is 0 Å². The smallest absolute Gasteiger partial charge is 0.0465 e. The lowest BCUT2D eigenvalue weighted by Gasteiger charge is -2.27. The molecule has 1 unspecified atom stereocenters. The summed E-state index contributed by atoms with van der Waals surface area (Å²) in [6.07, 6.45) is 2.19. The summed E-state index contributed by atoms with van der Waals surface area (Å²) < 4.78 is 0. The standard InChI is InChI=1S/C39H30N2/c1-3-9-28(10-4-1)30-15-19-34(20-16-30)40(35-21-17-31(18-22-35)29-11-5-2-6-12-29)36-23-24-39-33(26-36)27-37-25-32-13-7-8-14-38(32)41(37)39/h1-24,26,37H,25,27H2. The summed E-state index contributed by atoms with van der Waals surface area (Å²) in [5, 5.41) is 0. The molecule has 0 saturated heterocycles. The fraction of sp³-hybridized carbons (Fsp3) is 0.0769. The highest BCUT2D eigenvalue weighted by atomic mass is 15.2. The molecule has 0 bridgehead atoms. The molecule has 41 heavy (non-hydrogen) atoms. The SMILES string of the molecule is c1ccc(-c2ccc(N(c3ccc(-c4ccccc4)cc3)c3ccc4c(c3)CC3Cc5ccccc5N43)cc2)cc1. The normalized spacial score (nSPS) is 14.8. The van der Waals surface area contributed by atoms with Crippen LogP contribution in [0.3, 0.4) is 0 Å². The van der Waals surface area contributed by atoms with Crippen LogP contribution in [0.4, 0.5) is 28.4 Å². The van der Waals surface area contributed by atoms with Gasteiger partial charge >= 0.3 is 0 Å². The minimum Gasteiger partial charge on any atom is -0.337 e. The molecule has 6 aromatic carbocycles. The van der Waals surface area contributed by atoms with Crippen molar-refractivity contribution in [2.75, 3.05) is 9.80 Å². The van der Waals surface area contributed by atoms with Crippen LogP contribution < -0.4 is 9.80 Å². The quantitative estimate of drug-likeness (QED) is 0.220. The van der Waals surface area contributed by atoms with Gasteiger partial charge in [0.1, 0.15) is 0 Å². The predicted molar refractivity (Wildman–Crippen MR) is 172 cm³/mol. The van der Waals surface area contributed by atoms with Crippen LogP contribution in [0, 0.1) is 0 Å². The van der Waals surface area contributed by atoms with Gasteiger partial charge < -0.3 is 9.80 Å².